The minimum absolute atomic E-state index is 0.762. The molecule has 0 radical (unpaired) electrons. The first-order valence-electron chi connectivity index (χ1n) is 14.3. The number of fused-ring (bicyclic) bond motifs is 3. The summed E-state index contributed by atoms with van der Waals surface area (Å²) in [6, 6.07) is 13.9. The molecule has 0 atom stereocenters. The van der Waals surface area contributed by atoms with Crippen LogP contribution in [0.25, 0.3) is 0 Å². The predicted molar refractivity (Wildman–Crippen MR) is 187 cm³/mol. The normalized spacial score (nSPS) is 12.5. The van der Waals surface area contributed by atoms with Gasteiger partial charge in [-0.3, -0.25) is 0 Å². The van der Waals surface area contributed by atoms with Crippen molar-refractivity contribution in [3.63, 3.8) is 0 Å². The Balaban J connectivity index is 1.81. The van der Waals surface area contributed by atoms with E-state index in [1.54, 1.807) is 0 Å². The van der Waals surface area contributed by atoms with Gasteiger partial charge < -0.3 is 14.2 Å². The molecule has 0 amide bonds. The summed E-state index contributed by atoms with van der Waals surface area (Å²) in [7, 11) is 0. The van der Waals surface area contributed by atoms with Gasteiger partial charge in [0.1, 0.15) is 17.2 Å². The first kappa shape index (κ1) is 31.2. The average Bonchev–Trinajstić information content (AvgIpc) is 2.96. The zero-order valence-electron chi connectivity index (χ0n) is 23.3. The highest BCUT2D eigenvalue weighted by Crippen LogP contribution is 2.37. The molecular weight excluding hydrogens is 825 g/mol. The lowest BCUT2D eigenvalue weighted by atomic mass is 9.94. The van der Waals surface area contributed by atoms with Gasteiger partial charge in [-0.2, -0.15) is 0 Å². The van der Waals surface area contributed by atoms with E-state index in [2.05, 4.69) is 125 Å². The van der Waals surface area contributed by atoms with Gasteiger partial charge in [0.05, 0.1) is 30.5 Å². The second kappa shape index (κ2) is 15.5. The molecule has 3 nitrogen and oxygen atoms in total. The zero-order chi connectivity index (χ0) is 27.8. The van der Waals surface area contributed by atoms with Crippen molar-refractivity contribution in [1.29, 1.82) is 0 Å². The topological polar surface area (TPSA) is 27.7 Å². The molecule has 0 fully saturated rings. The van der Waals surface area contributed by atoms with Crippen molar-refractivity contribution in [2.75, 3.05) is 19.8 Å². The van der Waals surface area contributed by atoms with E-state index in [0.717, 1.165) is 94.9 Å². The van der Waals surface area contributed by atoms with Gasteiger partial charge in [0.15, 0.2) is 0 Å². The van der Waals surface area contributed by atoms with Crippen LogP contribution in [0.3, 0.4) is 0 Å². The van der Waals surface area contributed by atoms with Crippen LogP contribution < -0.4 is 14.2 Å². The molecule has 0 aromatic heterocycles. The Morgan fingerprint density at radius 3 is 0.974 bits per heavy atom. The van der Waals surface area contributed by atoms with Crippen molar-refractivity contribution in [3.8, 4) is 17.2 Å². The number of halogens is 3. The molecule has 3 aromatic carbocycles. The average molecular weight is 864 g/mol. The molecule has 1 aliphatic rings. The lowest BCUT2D eigenvalue weighted by Crippen LogP contribution is -2.04. The number of ether oxygens (including phenoxy) is 3. The second-order valence-electron chi connectivity index (χ2n) is 10.3. The molecule has 210 valence electrons. The number of hydrogen-bond acceptors (Lipinski definition) is 3. The Kier molecular flexibility index (Phi) is 12.4. The molecule has 4 rings (SSSR count). The van der Waals surface area contributed by atoms with E-state index >= 15 is 0 Å². The van der Waals surface area contributed by atoms with Crippen molar-refractivity contribution >= 4 is 67.8 Å². The Labute approximate surface area is 275 Å². The lowest BCUT2D eigenvalue weighted by molar-refractivity contribution is 0.306. The Hall–Kier alpha value is -0.750. The van der Waals surface area contributed by atoms with Gasteiger partial charge in [0, 0.05) is 0 Å². The molecule has 0 heterocycles. The summed E-state index contributed by atoms with van der Waals surface area (Å²) in [6.07, 6.45) is 9.29. The molecule has 0 N–H and O–H groups in total. The van der Waals surface area contributed by atoms with Gasteiger partial charge in [0.25, 0.3) is 0 Å². The van der Waals surface area contributed by atoms with Gasteiger partial charge in [-0.25, -0.2) is 0 Å². The summed E-state index contributed by atoms with van der Waals surface area (Å²) in [6.45, 7) is 8.90. The van der Waals surface area contributed by atoms with E-state index in [9.17, 15) is 0 Å². The number of benzene rings is 3. The van der Waals surface area contributed by atoms with E-state index in [1.807, 2.05) is 0 Å². The Morgan fingerprint density at radius 2 is 0.718 bits per heavy atom. The number of hydrogen-bond donors (Lipinski definition) is 0. The summed E-state index contributed by atoms with van der Waals surface area (Å²) in [5.41, 5.74) is 8.15. The molecule has 39 heavy (non-hydrogen) atoms. The van der Waals surface area contributed by atoms with Crippen molar-refractivity contribution in [3.05, 3.63) is 80.5 Å². The molecule has 0 aliphatic heterocycles. The highest BCUT2D eigenvalue weighted by molar-refractivity contribution is 14.1. The van der Waals surface area contributed by atoms with Crippen LogP contribution in [0, 0.1) is 10.7 Å². The third kappa shape index (κ3) is 8.40. The Morgan fingerprint density at radius 1 is 0.462 bits per heavy atom. The molecular formula is C33H39I3O3. The maximum atomic E-state index is 6.24. The summed E-state index contributed by atoms with van der Waals surface area (Å²) < 4.78 is 22.3. The molecule has 6 heteroatoms. The van der Waals surface area contributed by atoms with E-state index in [0.29, 0.717) is 0 Å². The SMILES string of the molecule is CCCCOc1cc2c(cc1I)Cc1cc(OCCCC)c(I)cc1Cc1cc(OCCCC)c(I)cc1C2. The molecule has 3 aromatic rings. The fraction of sp³-hybridized carbons (Fsp3) is 0.455. The third-order valence-electron chi connectivity index (χ3n) is 7.17. The van der Waals surface area contributed by atoms with Gasteiger partial charge in [0.2, 0.25) is 0 Å². The summed E-state index contributed by atoms with van der Waals surface area (Å²) in [5, 5.41) is 0. The molecule has 0 bridgehead atoms. The monoisotopic (exact) mass is 864 g/mol. The first-order chi connectivity index (χ1) is 18.9. The molecule has 0 saturated heterocycles. The lowest BCUT2D eigenvalue weighted by Gasteiger charge is -2.17. The van der Waals surface area contributed by atoms with Crippen LogP contribution in [0.15, 0.2) is 36.4 Å². The Bertz CT molecular complexity index is 1120. The summed E-state index contributed by atoms with van der Waals surface area (Å²) >= 11 is 7.32. The third-order valence-corrected chi connectivity index (χ3v) is 9.70. The van der Waals surface area contributed by atoms with Crippen molar-refractivity contribution in [2.24, 2.45) is 0 Å². The van der Waals surface area contributed by atoms with Crippen LogP contribution in [-0.2, 0) is 19.3 Å². The maximum Gasteiger partial charge on any atom is 0.132 e. The van der Waals surface area contributed by atoms with Crippen molar-refractivity contribution < 1.29 is 14.2 Å². The number of rotatable bonds is 12. The van der Waals surface area contributed by atoms with Crippen LogP contribution in [0.4, 0.5) is 0 Å². The minimum Gasteiger partial charge on any atom is -0.492 e. The quantitative estimate of drug-likeness (QED) is 0.105. The van der Waals surface area contributed by atoms with E-state index < -0.39 is 0 Å². The summed E-state index contributed by atoms with van der Waals surface area (Å²) in [5.74, 6) is 3.01. The van der Waals surface area contributed by atoms with Gasteiger partial charge in [-0.05, 0) is 176 Å². The molecule has 0 spiro atoms. The van der Waals surface area contributed by atoms with Gasteiger partial charge >= 0.3 is 0 Å². The van der Waals surface area contributed by atoms with Crippen molar-refractivity contribution in [2.45, 2.75) is 78.6 Å². The highest BCUT2D eigenvalue weighted by atomic mass is 127. The van der Waals surface area contributed by atoms with E-state index in [1.165, 1.54) is 44.1 Å². The van der Waals surface area contributed by atoms with Crippen LogP contribution >= 0.6 is 67.8 Å². The van der Waals surface area contributed by atoms with Crippen LogP contribution in [0.5, 0.6) is 17.2 Å². The summed E-state index contributed by atoms with van der Waals surface area (Å²) in [4.78, 5) is 0. The number of unbranched alkanes of at least 4 members (excludes halogenated alkanes) is 3. The molecule has 0 unspecified atom stereocenters. The fourth-order valence-electron chi connectivity index (χ4n) is 4.82. The highest BCUT2D eigenvalue weighted by Gasteiger charge is 2.21. The van der Waals surface area contributed by atoms with Gasteiger partial charge in [-0.15, -0.1) is 0 Å². The van der Waals surface area contributed by atoms with E-state index in [4.69, 9.17) is 14.2 Å². The van der Waals surface area contributed by atoms with Crippen LogP contribution in [0.1, 0.15) is 92.7 Å². The fourth-order valence-corrected chi connectivity index (χ4v) is 6.89. The molecule has 0 saturated carbocycles. The standard InChI is InChI=1S/C33H39I3O3/c1-4-7-10-37-31-19-25-13-23-17-29(35)33(39-12-9-6-3)21-27(23)15-24-18-30(36)32(38-11-8-5-2)20-26(24)14-22(25)16-28(31)34/h16-21H,4-15H2,1-3H3. The maximum absolute atomic E-state index is 6.24. The second-order valence-corrected chi connectivity index (χ2v) is 13.8. The predicted octanol–water partition coefficient (Wildman–Crippen LogP) is 10.1. The largest absolute Gasteiger partial charge is 0.492 e. The molecule has 1 aliphatic carbocycles. The van der Waals surface area contributed by atoms with Gasteiger partial charge in [-0.1, -0.05) is 40.0 Å². The van der Waals surface area contributed by atoms with Crippen LogP contribution in [0.2, 0.25) is 0 Å². The van der Waals surface area contributed by atoms with Crippen LogP contribution in [-0.4, -0.2) is 19.8 Å². The zero-order valence-corrected chi connectivity index (χ0v) is 29.8. The minimum atomic E-state index is 0.762. The van der Waals surface area contributed by atoms with E-state index in [-0.39, 0.29) is 0 Å². The van der Waals surface area contributed by atoms with Crippen molar-refractivity contribution in [1.82, 2.24) is 0 Å². The first-order valence-corrected chi connectivity index (χ1v) is 17.5. The smallest absolute Gasteiger partial charge is 0.132 e.